The molecular formula is C16H17N5. The first-order valence-electron chi connectivity index (χ1n) is 6.95. The van der Waals surface area contributed by atoms with Crippen molar-refractivity contribution in [1.82, 2.24) is 14.5 Å². The summed E-state index contributed by atoms with van der Waals surface area (Å²) in [6.45, 7) is 0.815. The molecule has 0 unspecified atom stereocenters. The van der Waals surface area contributed by atoms with Gasteiger partial charge < -0.3 is 15.7 Å². The molecular weight excluding hydrogens is 262 g/mol. The van der Waals surface area contributed by atoms with Gasteiger partial charge in [-0.15, -0.1) is 0 Å². The Kier molecular flexibility index (Phi) is 3.64. The summed E-state index contributed by atoms with van der Waals surface area (Å²) < 4.78 is 2.10. The molecule has 2 heterocycles. The highest BCUT2D eigenvalue weighted by Crippen LogP contribution is 2.32. The summed E-state index contributed by atoms with van der Waals surface area (Å²) in [5.74, 6) is 0.504. The molecule has 3 aromatic rings. The molecule has 0 saturated carbocycles. The molecule has 0 atom stereocenters. The Morgan fingerprint density at radius 2 is 2.00 bits per heavy atom. The summed E-state index contributed by atoms with van der Waals surface area (Å²) in [5, 5.41) is 8.03. The van der Waals surface area contributed by atoms with Crippen molar-refractivity contribution in [2.75, 3.05) is 5.73 Å². The van der Waals surface area contributed by atoms with E-state index >= 15 is 0 Å². The Hall–Kier alpha value is -2.69. The van der Waals surface area contributed by atoms with Crippen molar-refractivity contribution >= 4 is 23.1 Å². The van der Waals surface area contributed by atoms with Crippen LogP contribution in [0.25, 0.3) is 22.2 Å². The topological polar surface area (TPSA) is 80.6 Å². The zero-order valence-electron chi connectivity index (χ0n) is 11.7. The standard InChI is InChI=1S/C16H17N5/c17-8-4-5-9-21-10-13(12-6-2-1-3-7-12)14-15(18)19-11-20-16(14)21/h1-3,6-8,10-11,17H,4-5,9H2,(H2,18,19,20). The smallest absolute Gasteiger partial charge is 0.146 e. The molecule has 0 amide bonds. The van der Waals surface area contributed by atoms with Gasteiger partial charge in [-0.1, -0.05) is 30.3 Å². The first-order valence-corrected chi connectivity index (χ1v) is 6.95. The van der Waals surface area contributed by atoms with Crippen LogP contribution in [0.4, 0.5) is 5.82 Å². The summed E-state index contributed by atoms with van der Waals surface area (Å²) >= 11 is 0. The van der Waals surface area contributed by atoms with Gasteiger partial charge in [-0.3, -0.25) is 0 Å². The number of rotatable bonds is 5. The zero-order chi connectivity index (χ0) is 14.7. The largest absolute Gasteiger partial charge is 0.383 e. The molecule has 0 radical (unpaired) electrons. The highest BCUT2D eigenvalue weighted by molar-refractivity contribution is 6.00. The SMILES string of the molecule is N=CCCCn1cc(-c2ccccc2)c2c(N)ncnc21. The summed E-state index contributed by atoms with van der Waals surface area (Å²) in [7, 11) is 0. The number of hydrogen-bond donors (Lipinski definition) is 2. The summed E-state index contributed by atoms with van der Waals surface area (Å²) in [6.07, 6.45) is 6.69. The van der Waals surface area contributed by atoms with E-state index < -0.39 is 0 Å². The third-order valence-corrected chi connectivity index (χ3v) is 3.52. The first kappa shape index (κ1) is 13.3. The Balaban J connectivity index is 2.14. The van der Waals surface area contributed by atoms with Gasteiger partial charge in [0.05, 0.1) is 5.39 Å². The second kappa shape index (κ2) is 5.75. The molecule has 0 aliphatic heterocycles. The minimum Gasteiger partial charge on any atom is -0.383 e. The number of anilines is 1. The van der Waals surface area contributed by atoms with Crippen molar-refractivity contribution in [3.8, 4) is 11.1 Å². The number of nitrogen functional groups attached to an aromatic ring is 1. The highest BCUT2D eigenvalue weighted by atomic mass is 15.1. The van der Waals surface area contributed by atoms with Gasteiger partial charge in [0.25, 0.3) is 0 Å². The molecule has 0 saturated heterocycles. The fourth-order valence-electron chi connectivity index (χ4n) is 2.52. The number of fused-ring (bicyclic) bond motifs is 1. The van der Waals surface area contributed by atoms with Gasteiger partial charge in [0.2, 0.25) is 0 Å². The van der Waals surface area contributed by atoms with Crippen LogP contribution in [0.5, 0.6) is 0 Å². The molecule has 0 aliphatic rings. The fourth-order valence-corrected chi connectivity index (χ4v) is 2.52. The van der Waals surface area contributed by atoms with Crippen molar-refractivity contribution in [2.45, 2.75) is 19.4 Å². The third-order valence-electron chi connectivity index (χ3n) is 3.52. The van der Waals surface area contributed by atoms with Gasteiger partial charge >= 0.3 is 0 Å². The predicted molar refractivity (Wildman–Crippen MR) is 85.4 cm³/mol. The van der Waals surface area contributed by atoms with E-state index in [1.165, 1.54) is 12.5 Å². The number of nitrogens with zero attached hydrogens (tertiary/aromatic N) is 3. The van der Waals surface area contributed by atoms with Gasteiger partial charge in [0.15, 0.2) is 0 Å². The average molecular weight is 279 g/mol. The molecule has 0 fully saturated rings. The Bertz CT molecular complexity index is 761. The zero-order valence-corrected chi connectivity index (χ0v) is 11.7. The lowest BCUT2D eigenvalue weighted by Gasteiger charge is -2.02. The number of aromatic nitrogens is 3. The molecule has 0 bridgehead atoms. The molecule has 21 heavy (non-hydrogen) atoms. The molecule has 3 rings (SSSR count). The van der Waals surface area contributed by atoms with Crippen molar-refractivity contribution in [3.63, 3.8) is 0 Å². The van der Waals surface area contributed by atoms with Crippen LogP contribution >= 0.6 is 0 Å². The van der Waals surface area contributed by atoms with E-state index in [0.717, 1.165) is 41.5 Å². The minimum absolute atomic E-state index is 0.504. The van der Waals surface area contributed by atoms with E-state index in [2.05, 4.69) is 32.9 Å². The van der Waals surface area contributed by atoms with Gasteiger partial charge in [-0.05, 0) is 24.6 Å². The summed E-state index contributed by atoms with van der Waals surface area (Å²) in [4.78, 5) is 8.50. The number of hydrogen-bond acceptors (Lipinski definition) is 4. The normalized spacial score (nSPS) is 10.9. The molecule has 5 heteroatoms. The van der Waals surface area contributed by atoms with E-state index in [4.69, 9.17) is 11.1 Å². The van der Waals surface area contributed by atoms with E-state index in [-0.39, 0.29) is 0 Å². The lowest BCUT2D eigenvalue weighted by atomic mass is 10.1. The molecule has 0 spiro atoms. The van der Waals surface area contributed by atoms with E-state index in [9.17, 15) is 0 Å². The van der Waals surface area contributed by atoms with Crippen LogP contribution in [0.3, 0.4) is 0 Å². The number of nitrogens with one attached hydrogen (secondary N) is 1. The van der Waals surface area contributed by atoms with Crippen molar-refractivity contribution in [2.24, 2.45) is 0 Å². The summed E-state index contributed by atoms with van der Waals surface area (Å²) in [6, 6.07) is 10.1. The molecule has 3 N–H and O–H groups in total. The highest BCUT2D eigenvalue weighted by Gasteiger charge is 2.14. The summed E-state index contributed by atoms with van der Waals surface area (Å²) in [5.41, 5.74) is 9.08. The third kappa shape index (κ3) is 2.50. The van der Waals surface area contributed by atoms with E-state index in [1.54, 1.807) is 0 Å². The lowest BCUT2D eigenvalue weighted by Crippen LogP contribution is -1.99. The predicted octanol–water partition coefficient (Wildman–Crippen LogP) is 3.11. The van der Waals surface area contributed by atoms with Crippen LogP contribution in [-0.4, -0.2) is 20.7 Å². The Morgan fingerprint density at radius 1 is 1.19 bits per heavy atom. The van der Waals surface area contributed by atoms with Gasteiger partial charge in [0.1, 0.15) is 17.8 Å². The van der Waals surface area contributed by atoms with Gasteiger partial charge in [-0.2, -0.15) is 0 Å². The van der Waals surface area contributed by atoms with Gasteiger partial charge in [-0.25, -0.2) is 9.97 Å². The van der Waals surface area contributed by atoms with E-state index in [0.29, 0.717) is 5.82 Å². The van der Waals surface area contributed by atoms with Crippen LogP contribution < -0.4 is 5.73 Å². The van der Waals surface area contributed by atoms with Crippen molar-refractivity contribution < 1.29 is 0 Å². The lowest BCUT2D eigenvalue weighted by molar-refractivity contribution is 0.678. The molecule has 5 nitrogen and oxygen atoms in total. The maximum atomic E-state index is 7.13. The molecule has 2 aromatic heterocycles. The number of nitrogens with two attached hydrogens (primary N) is 1. The fraction of sp³-hybridized carbons (Fsp3) is 0.188. The molecule has 106 valence electrons. The second-order valence-electron chi connectivity index (χ2n) is 4.91. The number of benzene rings is 1. The molecule has 0 aliphatic carbocycles. The first-order chi connectivity index (χ1) is 10.3. The number of aryl methyl sites for hydroxylation is 1. The minimum atomic E-state index is 0.504. The number of unbranched alkanes of at least 4 members (excludes halogenated alkanes) is 1. The average Bonchev–Trinajstić information content (AvgIpc) is 2.89. The van der Waals surface area contributed by atoms with Crippen LogP contribution in [0, 0.1) is 5.41 Å². The second-order valence-corrected chi connectivity index (χ2v) is 4.91. The maximum Gasteiger partial charge on any atom is 0.146 e. The van der Waals surface area contributed by atoms with Crippen LogP contribution in [0.1, 0.15) is 12.8 Å². The van der Waals surface area contributed by atoms with Crippen LogP contribution in [0.2, 0.25) is 0 Å². The quantitative estimate of drug-likeness (QED) is 0.556. The van der Waals surface area contributed by atoms with E-state index in [1.807, 2.05) is 18.2 Å². The molecule has 1 aromatic carbocycles. The van der Waals surface area contributed by atoms with Crippen molar-refractivity contribution in [3.05, 3.63) is 42.9 Å². The monoisotopic (exact) mass is 279 g/mol. The Morgan fingerprint density at radius 3 is 2.76 bits per heavy atom. The Labute approximate surface area is 123 Å². The maximum absolute atomic E-state index is 7.13. The van der Waals surface area contributed by atoms with Gasteiger partial charge in [0, 0.05) is 18.3 Å². The van der Waals surface area contributed by atoms with Crippen molar-refractivity contribution in [1.29, 1.82) is 5.41 Å². The van der Waals surface area contributed by atoms with Crippen LogP contribution in [-0.2, 0) is 6.54 Å². The van der Waals surface area contributed by atoms with Crippen LogP contribution in [0.15, 0.2) is 42.9 Å².